The van der Waals surface area contributed by atoms with Crippen LogP contribution < -0.4 is 4.72 Å². The number of carbonyl (C=O) groups excluding carboxylic acids is 1. The predicted octanol–water partition coefficient (Wildman–Crippen LogP) is 1.68. The van der Waals surface area contributed by atoms with Crippen LogP contribution in [-0.4, -0.2) is 27.2 Å². The Kier molecular flexibility index (Phi) is 6.47. The SMILES string of the molecule is CCc1ccsc1CNS(=O)(=O)CCCC(=O)OC. The minimum Gasteiger partial charge on any atom is -0.469 e. The molecule has 0 radical (unpaired) electrons. The van der Waals surface area contributed by atoms with Crippen LogP contribution in [0.1, 0.15) is 30.2 Å². The van der Waals surface area contributed by atoms with Gasteiger partial charge in [-0.05, 0) is 29.9 Å². The molecular formula is C12H19NO4S2. The fraction of sp³-hybridized carbons (Fsp3) is 0.583. The first-order valence-electron chi connectivity index (χ1n) is 6.08. The molecule has 0 aliphatic heterocycles. The zero-order valence-corrected chi connectivity index (χ0v) is 12.8. The fourth-order valence-corrected chi connectivity index (χ4v) is 3.63. The Morgan fingerprint density at radius 3 is 2.84 bits per heavy atom. The highest BCUT2D eigenvalue weighted by Crippen LogP contribution is 2.17. The molecular weight excluding hydrogens is 286 g/mol. The molecule has 0 unspecified atom stereocenters. The Morgan fingerprint density at radius 2 is 2.21 bits per heavy atom. The number of carbonyl (C=O) groups is 1. The molecule has 0 amide bonds. The van der Waals surface area contributed by atoms with Gasteiger partial charge in [0.2, 0.25) is 10.0 Å². The maximum atomic E-state index is 11.7. The van der Waals surface area contributed by atoms with Crippen molar-refractivity contribution in [1.29, 1.82) is 0 Å². The van der Waals surface area contributed by atoms with Gasteiger partial charge in [0.25, 0.3) is 0 Å². The number of thiophene rings is 1. The van der Waals surface area contributed by atoms with Crippen LogP contribution in [0.2, 0.25) is 0 Å². The highest BCUT2D eigenvalue weighted by molar-refractivity contribution is 7.89. The zero-order valence-electron chi connectivity index (χ0n) is 11.1. The van der Waals surface area contributed by atoms with E-state index in [1.807, 2.05) is 18.4 Å². The Labute approximate surface area is 118 Å². The Balaban J connectivity index is 2.41. The van der Waals surface area contributed by atoms with Crippen molar-refractivity contribution in [2.45, 2.75) is 32.7 Å². The number of rotatable bonds is 8. The van der Waals surface area contributed by atoms with Gasteiger partial charge in [-0.2, -0.15) is 0 Å². The molecule has 0 aromatic carbocycles. The Morgan fingerprint density at radius 1 is 1.47 bits per heavy atom. The smallest absolute Gasteiger partial charge is 0.305 e. The molecule has 0 saturated heterocycles. The van der Waals surface area contributed by atoms with E-state index in [0.29, 0.717) is 6.54 Å². The van der Waals surface area contributed by atoms with Crippen LogP contribution in [0.25, 0.3) is 0 Å². The third-order valence-corrected chi connectivity index (χ3v) is 5.07. The van der Waals surface area contributed by atoms with E-state index >= 15 is 0 Å². The van der Waals surface area contributed by atoms with Gasteiger partial charge in [0.05, 0.1) is 12.9 Å². The number of hydrogen-bond acceptors (Lipinski definition) is 5. The summed E-state index contributed by atoms with van der Waals surface area (Å²) in [5.74, 6) is -0.448. The van der Waals surface area contributed by atoms with Crippen molar-refractivity contribution in [3.63, 3.8) is 0 Å². The second-order valence-electron chi connectivity index (χ2n) is 4.04. The summed E-state index contributed by atoms with van der Waals surface area (Å²) in [5.41, 5.74) is 1.17. The monoisotopic (exact) mass is 305 g/mol. The van der Waals surface area contributed by atoms with Gasteiger partial charge in [-0.3, -0.25) is 4.79 Å². The summed E-state index contributed by atoms with van der Waals surface area (Å²) < 4.78 is 30.5. The first-order chi connectivity index (χ1) is 8.98. The van der Waals surface area contributed by atoms with Gasteiger partial charge in [0.15, 0.2) is 0 Å². The molecule has 1 aromatic rings. The van der Waals surface area contributed by atoms with Crippen LogP contribution in [-0.2, 0) is 32.5 Å². The molecule has 7 heteroatoms. The second kappa shape index (κ2) is 7.62. The standard InChI is InChI=1S/C12H19NO4S2/c1-3-10-6-7-18-11(10)9-13-19(15,16)8-4-5-12(14)17-2/h6-7,13H,3-5,8-9H2,1-2H3. The molecule has 0 fully saturated rings. The number of nitrogens with one attached hydrogen (secondary N) is 1. The molecule has 0 spiro atoms. The molecule has 0 bridgehead atoms. The molecule has 0 aliphatic carbocycles. The Hall–Kier alpha value is -0.920. The van der Waals surface area contributed by atoms with Crippen molar-refractivity contribution in [2.75, 3.05) is 12.9 Å². The van der Waals surface area contributed by atoms with Crippen molar-refractivity contribution >= 4 is 27.3 Å². The minimum absolute atomic E-state index is 0.0606. The lowest BCUT2D eigenvalue weighted by Gasteiger charge is -2.06. The lowest BCUT2D eigenvalue weighted by molar-refractivity contribution is -0.140. The normalized spacial score (nSPS) is 11.5. The summed E-state index contributed by atoms with van der Waals surface area (Å²) in [5, 5.41) is 1.96. The van der Waals surface area contributed by atoms with Gasteiger partial charge in [0.1, 0.15) is 0 Å². The van der Waals surface area contributed by atoms with Gasteiger partial charge >= 0.3 is 5.97 Å². The molecule has 108 valence electrons. The van der Waals surface area contributed by atoms with Gasteiger partial charge in [-0.15, -0.1) is 11.3 Å². The summed E-state index contributed by atoms with van der Waals surface area (Å²) in [6.45, 7) is 2.36. The molecule has 1 N–H and O–H groups in total. The highest BCUT2D eigenvalue weighted by Gasteiger charge is 2.12. The number of methoxy groups -OCH3 is 1. The third kappa shape index (κ3) is 5.71. The summed E-state index contributed by atoms with van der Waals surface area (Å²) in [6.07, 6.45) is 1.28. The van der Waals surface area contributed by atoms with E-state index < -0.39 is 10.0 Å². The average molecular weight is 305 g/mol. The molecule has 5 nitrogen and oxygen atoms in total. The van der Waals surface area contributed by atoms with E-state index in [4.69, 9.17) is 0 Å². The van der Waals surface area contributed by atoms with E-state index in [9.17, 15) is 13.2 Å². The first-order valence-corrected chi connectivity index (χ1v) is 8.61. The summed E-state index contributed by atoms with van der Waals surface area (Å²) >= 11 is 1.55. The molecule has 0 aliphatic rings. The van der Waals surface area contributed by atoms with Gasteiger partial charge in [-0.1, -0.05) is 6.92 Å². The minimum atomic E-state index is -3.34. The van der Waals surface area contributed by atoms with Gasteiger partial charge < -0.3 is 4.74 Å². The second-order valence-corrected chi connectivity index (χ2v) is 6.97. The average Bonchev–Trinajstić information content (AvgIpc) is 2.83. The molecule has 1 rings (SSSR count). The van der Waals surface area contributed by atoms with E-state index in [0.717, 1.165) is 11.3 Å². The predicted molar refractivity (Wildman–Crippen MR) is 75.6 cm³/mol. The fourth-order valence-electron chi connectivity index (χ4n) is 1.59. The van der Waals surface area contributed by atoms with Crippen molar-refractivity contribution in [1.82, 2.24) is 4.72 Å². The van der Waals surface area contributed by atoms with Crippen LogP contribution in [0.3, 0.4) is 0 Å². The van der Waals surface area contributed by atoms with E-state index in [2.05, 4.69) is 9.46 Å². The van der Waals surface area contributed by atoms with E-state index in [-0.39, 0.29) is 24.6 Å². The maximum absolute atomic E-state index is 11.7. The van der Waals surface area contributed by atoms with Gasteiger partial charge in [-0.25, -0.2) is 13.1 Å². The number of ether oxygens (including phenoxy) is 1. The van der Waals surface area contributed by atoms with E-state index in [1.54, 1.807) is 11.3 Å². The number of sulfonamides is 1. The van der Waals surface area contributed by atoms with Gasteiger partial charge in [0, 0.05) is 17.8 Å². The summed E-state index contributed by atoms with van der Waals surface area (Å²) in [4.78, 5) is 11.9. The van der Waals surface area contributed by atoms with Crippen molar-refractivity contribution in [3.8, 4) is 0 Å². The van der Waals surface area contributed by atoms with Crippen LogP contribution in [0, 0.1) is 0 Å². The van der Waals surface area contributed by atoms with Crippen LogP contribution >= 0.6 is 11.3 Å². The topological polar surface area (TPSA) is 72.5 Å². The van der Waals surface area contributed by atoms with Crippen molar-refractivity contribution < 1.29 is 17.9 Å². The molecule has 1 aromatic heterocycles. The maximum Gasteiger partial charge on any atom is 0.305 e. The lowest BCUT2D eigenvalue weighted by Crippen LogP contribution is -2.26. The van der Waals surface area contributed by atoms with E-state index in [1.165, 1.54) is 12.7 Å². The van der Waals surface area contributed by atoms with Crippen molar-refractivity contribution in [3.05, 3.63) is 21.9 Å². The molecule has 1 heterocycles. The first kappa shape index (κ1) is 16.1. The molecule has 0 saturated carbocycles. The quantitative estimate of drug-likeness (QED) is 0.742. The Bertz CT molecular complexity index is 508. The zero-order chi connectivity index (χ0) is 14.3. The largest absolute Gasteiger partial charge is 0.469 e. The third-order valence-electron chi connectivity index (χ3n) is 2.69. The summed E-state index contributed by atoms with van der Waals surface area (Å²) in [7, 11) is -2.05. The van der Waals surface area contributed by atoms with Crippen LogP contribution in [0.15, 0.2) is 11.4 Å². The van der Waals surface area contributed by atoms with Crippen LogP contribution in [0.4, 0.5) is 0 Å². The highest BCUT2D eigenvalue weighted by atomic mass is 32.2. The molecule has 0 atom stereocenters. The molecule has 19 heavy (non-hydrogen) atoms. The number of esters is 1. The van der Waals surface area contributed by atoms with Crippen molar-refractivity contribution in [2.24, 2.45) is 0 Å². The lowest BCUT2D eigenvalue weighted by atomic mass is 10.2. The van der Waals surface area contributed by atoms with Crippen LogP contribution in [0.5, 0.6) is 0 Å². The summed E-state index contributed by atoms with van der Waals surface area (Å²) in [6, 6.07) is 2.01. The number of aryl methyl sites for hydroxylation is 1. The number of hydrogen-bond donors (Lipinski definition) is 1.